The lowest BCUT2D eigenvalue weighted by Crippen LogP contribution is -2.20. The van der Waals surface area contributed by atoms with Crippen LogP contribution in [0.4, 0.5) is 11.4 Å². The van der Waals surface area contributed by atoms with E-state index in [9.17, 15) is 13.2 Å². The predicted molar refractivity (Wildman–Crippen MR) is 121 cm³/mol. The molecule has 0 fully saturated rings. The third kappa shape index (κ3) is 5.84. The summed E-state index contributed by atoms with van der Waals surface area (Å²) in [5.41, 5.74) is 2.90. The molecule has 1 amide bonds. The van der Waals surface area contributed by atoms with E-state index in [1.807, 2.05) is 38.1 Å². The summed E-state index contributed by atoms with van der Waals surface area (Å²) in [5, 5.41) is 2.68. The average Bonchev–Trinajstić information content (AvgIpc) is 2.70. The molecule has 156 valence electrons. The van der Waals surface area contributed by atoms with E-state index in [0.717, 1.165) is 15.6 Å². The Balaban J connectivity index is 1.60. The highest BCUT2D eigenvalue weighted by Gasteiger charge is 2.15. The van der Waals surface area contributed by atoms with Crippen LogP contribution < -0.4 is 14.8 Å². The molecule has 0 spiro atoms. The molecule has 0 saturated heterocycles. The number of hydrogen-bond donors (Lipinski definition) is 2. The summed E-state index contributed by atoms with van der Waals surface area (Å²) >= 11 is 3.33. The van der Waals surface area contributed by atoms with E-state index in [4.69, 9.17) is 4.74 Å². The second kappa shape index (κ2) is 9.32. The first-order chi connectivity index (χ1) is 14.2. The topological polar surface area (TPSA) is 84.5 Å². The molecule has 3 rings (SSSR count). The van der Waals surface area contributed by atoms with Gasteiger partial charge in [-0.3, -0.25) is 9.52 Å². The monoisotopic (exact) mass is 488 g/mol. The van der Waals surface area contributed by atoms with Gasteiger partial charge in [-0.2, -0.15) is 0 Å². The van der Waals surface area contributed by atoms with Gasteiger partial charge in [0.15, 0.2) is 6.61 Å². The number of carbonyl (C=O) groups is 1. The number of hydrogen-bond acceptors (Lipinski definition) is 4. The van der Waals surface area contributed by atoms with Crippen molar-refractivity contribution in [1.29, 1.82) is 0 Å². The highest BCUT2D eigenvalue weighted by Crippen LogP contribution is 2.22. The van der Waals surface area contributed by atoms with Crippen LogP contribution in [0.5, 0.6) is 5.75 Å². The Morgan fingerprint density at radius 3 is 2.27 bits per heavy atom. The first-order valence-electron chi connectivity index (χ1n) is 9.11. The minimum atomic E-state index is -3.73. The lowest BCUT2D eigenvalue weighted by atomic mass is 10.1. The summed E-state index contributed by atoms with van der Waals surface area (Å²) in [6.07, 6.45) is 0. The van der Waals surface area contributed by atoms with Gasteiger partial charge in [0.25, 0.3) is 15.9 Å². The normalized spacial score (nSPS) is 11.0. The SMILES string of the molecule is Cc1ccc(NS(=O)(=O)c2ccc(NC(=O)COc3ccc(Br)cc3)cc2)c(C)c1. The van der Waals surface area contributed by atoms with Gasteiger partial charge in [-0.05, 0) is 74.0 Å². The van der Waals surface area contributed by atoms with Gasteiger partial charge < -0.3 is 10.1 Å². The van der Waals surface area contributed by atoms with Crippen LogP contribution >= 0.6 is 15.9 Å². The van der Waals surface area contributed by atoms with Crippen molar-refractivity contribution in [2.24, 2.45) is 0 Å². The van der Waals surface area contributed by atoms with Crippen molar-refractivity contribution in [3.63, 3.8) is 0 Å². The van der Waals surface area contributed by atoms with Gasteiger partial charge in [-0.1, -0.05) is 33.6 Å². The Morgan fingerprint density at radius 2 is 1.63 bits per heavy atom. The van der Waals surface area contributed by atoms with E-state index in [1.165, 1.54) is 24.3 Å². The summed E-state index contributed by atoms with van der Waals surface area (Å²) in [6.45, 7) is 3.64. The zero-order valence-electron chi connectivity index (χ0n) is 16.5. The summed E-state index contributed by atoms with van der Waals surface area (Å²) in [7, 11) is -3.73. The van der Waals surface area contributed by atoms with Gasteiger partial charge in [0, 0.05) is 10.2 Å². The van der Waals surface area contributed by atoms with E-state index in [-0.39, 0.29) is 17.4 Å². The number of nitrogens with one attached hydrogen (secondary N) is 2. The van der Waals surface area contributed by atoms with Crippen molar-refractivity contribution in [1.82, 2.24) is 0 Å². The van der Waals surface area contributed by atoms with Crippen LogP contribution in [0.3, 0.4) is 0 Å². The largest absolute Gasteiger partial charge is 0.484 e. The van der Waals surface area contributed by atoms with Gasteiger partial charge in [0.05, 0.1) is 10.6 Å². The zero-order valence-corrected chi connectivity index (χ0v) is 18.9. The van der Waals surface area contributed by atoms with Gasteiger partial charge in [-0.25, -0.2) is 8.42 Å². The summed E-state index contributed by atoms with van der Waals surface area (Å²) in [6, 6.07) is 18.6. The molecule has 0 unspecified atom stereocenters. The van der Waals surface area contributed by atoms with E-state index in [0.29, 0.717) is 17.1 Å². The number of rotatable bonds is 7. The first kappa shape index (κ1) is 21.9. The molecule has 2 N–H and O–H groups in total. The average molecular weight is 489 g/mol. The molecule has 8 heteroatoms. The van der Waals surface area contributed by atoms with Gasteiger partial charge in [0.1, 0.15) is 5.75 Å². The fourth-order valence-corrected chi connectivity index (χ4v) is 4.12. The predicted octanol–water partition coefficient (Wildman–Crippen LogP) is 4.88. The second-order valence-corrected chi connectivity index (χ2v) is 9.34. The maximum absolute atomic E-state index is 12.6. The fraction of sp³-hybridized carbons (Fsp3) is 0.136. The first-order valence-corrected chi connectivity index (χ1v) is 11.4. The van der Waals surface area contributed by atoms with Crippen LogP contribution in [-0.4, -0.2) is 20.9 Å². The third-order valence-corrected chi connectivity index (χ3v) is 6.17. The number of benzene rings is 3. The Bertz CT molecular complexity index is 1140. The Morgan fingerprint density at radius 1 is 0.967 bits per heavy atom. The minimum absolute atomic E-state index is 0.103. The number of carbonyl (C=O) groups excluding carboxylic acids is 1. The molecule has 0 atom stereocenters. The van der Waals surface area contributed by atoms with Crippen molar-refractivity contribution >= 4 is 43.2 Å². The van der Waals surface area contributed by atoms with E-state index in [1.54, 1.807) is 18.2 Å². The molecule has 3 aromatic carbocycles. The number of sulfonamides is 1. The minimum Gasteiger partial charge on any atom is -0.484 e. The van der Waals surface area contributed by atoms with Gasteiger partial charge in [-0.15, -0.1) is 0 Å². The van der Waals surface area contributed by atoms with Crippen LogP contribution in [0.2, 0.25) is 0 Å². The molecule has 0 aliphatic heterocycles. The molecule has 0 aromatic heterocycles. The zero-order chi connectivity index (χ0) is 21.7. The molecule has 0 radical (unpaired) electrons. The Labute approximate surface area is 184 Å². The molecule has 3 aromatic rings. The molecular formula is C22H21BrN2O4S. The lowest BCUT2D eigenvalue weighted by molar-refractivity contribution is -0.118. The van der Waals surface area contributed by atoms with Gasteiger partial charge >= 0.3 is 0 Å². The lowest BCUT2D eigenvalue weighted by Gasteiger charge is -2.12. The standard InChI is InChI=1S/C22H21BrN2O4S/c1-15-3-12-21(16(2)13-15)25-30(27,28)20-10-6-18(7-11-20)24-22(26)14-29-19-8-4-17(23)5-9-19/h3-13,25H,14H2,1-2H3,(H,24,26). The molecule has 0 bridgehead atoms. The van der Waals surface area contributed by atoms with Crippen molar-refractivity contribution in [3.05, 3.63) is 82.3 Å². The molecule has 0 aliphatic rings. The van der Waals surface area contributed by atoms with Crippen molar-refractivity contribution in [3.8, 4) is 5.75 Å². The van der Waals surface area contributed by atoms with E-state index in [2.05, 4.69) is 26.0 Å². The Kier molecular flexibility index (Phi) is 6.79. The smallest absolute Gasteiger partial charge is 0.262 e. The molecule has 0 heterocycles. The highest BCUT2D eigenvalue weighted by atomic mass is 79.9. The molecule has 0 saturated carbocycles. The molecule has 0 aliphatic carbocycles. The molecule has 30 heavy (non-hydrogen) atoms. The maximum atomic E-state index is 12.6. The number of ether oxygens (including phenoxy) is 1. The van der Waals surface area contributed by atoms with Crippen LogP contribution in [0.25, 0.3) is 0 Å². The number of anilines is 2. The number of amides is 1. The van der Waals surface area contributed by atoms with Crippen LogP contribution in [0.15, 0.2) is 76.1 Å². The fourth-order valence-electron chi connectivity index (χ4n) is 2.73. The Hall–Kier alpha value is -2.84. The third-order valence-electron chi connectivity index (χ3n) is 4.26. The van der Waals surface area contributed by atoms with Crippen LogP contribution in [0.1, 0.15) is 11.1 Å². The summed E-state index contributed by atoms with van der Waals surface area (Å²) in [4.78, 5) is 12.2. The quantitative estimate of drug-likeness (QED) is 0.495. The number of aryl methyl sites for hydroxylation is 2. The van der Waals surface area contributed by atoms with Crippen LogP contribution in [-0.2, 0) is 14.8 Å². The maximum Gasteiger partial charge on any atom is 0.262 e. The number of halogens is 1. The van der Waals surface area contributed by atoms with E-state index >= 15 is 0 Å². The second-order valence-electron chi connectivity index (χ2n) is 6.74. The molecule has 6 nitrogen and oxygen atoms in total. The van der Waals surface area contributed by atoms with Gasteiger partial charge in [0.2, 0.25) is 0 Å². The van der Waals surface area contributed by atoms with Crippen molar-refractivity contribution < 1.29 is 17.9 Å². The van der Waals surface area contributed by atoms with E-state index < -0.39 is 10.0 Å². The molecular weight excluding hydrogens is 468 g/mol. The summed E-state index contributed by atoms with van der Waals surface area (Å²) in [5.74, 6) is 0.231. The highest BCUT2D eigenvalue weighted by molar-refractivity contribution is 9.10. The van der Waals surface area contributed by atoms with Crippen LogP contribution in [0, 0.1) is 13.8 Å². The van der Waals surface area contributed by atoms with Crippen molar-refractivity contribution in [2.45, 2.75) is 18.7 Å². The van der Waals surface area contributed by atoms with Crippen molar-refractivity contribution in [2.75, 3.05) is 16.6 Å². The summed E-state index contributed by atoms with van der Waals surface area (Å²) < 4.78 is 34.2.